The molecule has 3 aliphatic heterocycles. The zero-order valence-electron chi connectivity index (χ0n) is 18.0. The van der Waals surface area contributed by atoms with E-state index >= 15 is 0 Å². The van der Waals surface area contributed by atoms with Gasteiger partial charge in [-0.25, -0.2) is 0 Å². The standard InChI is InChI=1S/C23H25Cl2N5O2S/c24-17-10-26-11-19(21(17)25)29-7-5-28(6-8-29)12-14-1-2-15-13-30(23(33)16(15)9-14)18-3-4-20(31)27-22(18)32/h1-2,9-11,18,23,33H,3-8,12-13H2,(H,27,31,32). The fraction of sp³-hybridized carbons (Fsp3) is 0.435. The lowest BCUT2D eigenvalue weighted by molar-refractivity contribution is -0.137. The lowest BCUT2D eigenvalue weighted by Gasteiger charge is -2.36. The van der Waals surface area contributed by atoms with Gasteiger partial charge in [0.15, 0.2) is 0 Å². The van der Waals surface area contributed by atoms with Crippen LogP contribution in [0.5, 0.6) is 0 Å². The summed E-state index contributed by atoms with van der Waals surface area (Å²) in [5, 5.41) is 3.33. The van der Waals surface area contributed by atoms with Gasteiger partial charge in [0.05, 0.1) is 33.3 Å². The molecule has 0 saturated carbocycles. The second-order valence-corrected chi connectivity index (χ2v) is 10.0. The van der Waals surface area contributed by atoms with Gasteiger partial charge in [-0.2, -0.15) is 12.6 Å². The summed E-state index contributed by atoms with van der Waals surface area (Å²) in [5.74, 6) is -0.411. The molecule has 3 aliphatic rings. The van der Waals surface area contributed by atoms with E-state index in [0.717, 1.165) is 44.0 Å². The molecule has 2 unspecified atom stereocenters. The van der Waals surface area contributed by atoms with Gasteiger partial charge in [0.2, 0.25) is 11.8 Å². The monoisotopic (exact) mass is 505 g/mol. The number of hydrogen-bond acceptors (Lipinski definition) is 7. The zero-order valence-corrected chi connectivity index (χ0v) is 20.4. The summed E-state index contributed by atoms with van der Waals surface area (Å²) in [6.07, 6.45) is 4.25. The molecule has 2 amide bonds. The summed E-state index contributed by atoms with van der Waals surface area (Å²) in [7, 11) is 0. The highest BCUT2D eigenvalue weighted by Crippen LogP contribution is 2.40. The van der Waals surface area contributed by atoms with Gasteiger partial charge in [-0.1, -0.05) is 41.4 Å². The van der Waals surface area contributed by atoms with Gasteiger partial charge in [0.1, 0.15) is 0 Å². The van der Waals surface area contributed by atoms with Crippen LogP contribution in [-0.4, -0.2) is 58.8 Å². The summed E-state index contributed by atoms with van der Waals surface area (Å²) in [5.41, 5.74) is 4.45. The van der Waals surface area contributed by atoms with Gasteiger partial charge in [0.25, 0.3) is 0 Å². The van der Waals surface area contributed by atoms with Crippen molar-refractivity contribution < 1.29 is 9.59 Å². The van der Waals surface area contributed by atoms with E-state index in [2.05, 4.69) is 43.2 Å². The van der Waals surface area contributed by atoms with Gasteiger partial charge in [-0.15, -0.1) is 0 Å². The average molecular weight is 506 g/mol. The number of benzene rings is 1. The molecule has 1 N–H and O–H groups in total. The molecule has 7 nitrogen and oxygen atoms in total. The van der Waals surface area contributed by atoms with E-state index in [1.165, 1.54) is 11.1 Å². The number of imide groups is 1. The Bertz CT molecular complexity index is 1090. The summed E-state index contributed by atoms with van der Waals surface area (Å²) in [6, 6.07) is 6.20. The van der Waals surface area contributed by atoms with Crippen molar-refractivity contribution in [3.05, 3.63) is 57.3 Å². The molecule has 2 atom stereocenters. The minimum absolute atomic E-state index is 0.154. The maximum atomic E-state index is 12.3. The molecule has 5 rings (SSSR count). The van der Waals surface area contributed by atoms with Crippen molar-refractivity contribution in [3.8, 4) is 0 Å². The molecule has 0 spiro atoms. The van der Waals surface area contributed by atoms with E-state index < -0.39 is 0 Å². The highest BCUT2D eigenvalue weighted by molar-refractivity contribution is 7.80. The minimum atomic E-state index is -0.318. The van der Waals surface area contributed by atoms with Crippen molar-refractivity contribution in [2.75, 3.05) is 31.1 Å². The predicted molar refractivity (Wildman–Crippen MR) is 132 cm³/mol. The molecule has 0 bridgehead atoms. The summed E-state index contributed by atoms with van der Waals surface area (Å²) < 4.78 is 0. The number of nitrogens with one attached hydrogen (secondary N) is 1. The van der Waals surface area contributed by atoms with Crippen molar-refractivity contribution in [3.63, 3.8) is 0 Å². The number of piperidine rings is 1. The van der Waals surface area contributed by atoms with E-state index in [0.29, 0.717) is 29.4 Å². The number of hydrogen-bond donors (Lipinski definition) is 2. The summed E-state index contributed by atoms with van der Waals surface area (Å²) in [4.78, 5) is 34.8. The number of aromatic nitrogens is 1. The molecule has 10 heteroatoms. The Morgan fingerprint density at radius 1 is 1.12 bits per heavy atom. The van der Waals surface area contributed by atoms with Crippen LogP contribution in [0.2, 0.25) is 10.0 Å². The van der Waals surface area contributed by atoms with Crippen molar-refractivity contribution in [1.82, 2.24) is 20.1 Å². The fourth-order valence-electron chi connectivity index (χ4n) is 4.90. The first-order chi connectivity index (χ1) is 15.9. The number of thiol groups is 1. The molecular formula is C23H25Cl2N5O2S. The van der Waals surface area contributed by atoms with Gasteiger partial charge < -0.3 is 4.90 Å². The topological polar surface area (TPSA) is 68.8 Å². The van der Waals surface area contributed by atoms with Crippen LogP contribution in [0, 0.1) is 0 Å². The van der Waals surface area contributed by atoms with Crippen LogP contribution in [0.1, 0.15) is 34.9 Å². The third kappa shape index (κ3) is 4.59. The first-order valence-electron chi connectivity index (χ1n) is 11.1. The molecule has 4 heterocycles. The van der Waals surface area contributed by atoms with E-state index in [9.17, 15) is 9.59 Å². The van der Waals surface area contributed by atoms with Crippen molar-refractivity contribution in [2.24, 2.45) is 0 Å². The van der Waals surface area contributed by atoms with E-state index in [-0.39, 0.29) is 23.2 Å². The Balaban J connectivity index is 1.22. The summed E-state index contributed by atoms with van der Waals surface area (Å²) in [6.45, 7) is 5.04. The molecule has 2 fully saturated rings. The van der Waals surface area contributed by atoms with Gasteiger partial charge in [0, 0.05) is 51.9 Å². The van der Waals surface area contributed by atoms with Crippen LogP contribution in [0.15, 0.2) is 30.6 Å². The Morgan fingerprint density at radius 2 is 1.91 bits per heavy atom. The van der Waals surface area contributed by atoms with Crippen LogP contribution < -0.4 is 10.2 Å². The van der Waals surface area contributed by atoms with Gasteiger partial charge >= 0.3 is 0 Å². The maximum absolute atomic E-state index is 12.3. The number of fused-ring (bicyclic) bond motifs is 1. The molecule has 2 saturated heterocycles. The number of amides is 2. The second-order valence-electron chi connectivity index (χ2n) is 8.76. The van der Waals surface area contributed by atoms with Crippen LogP contribution >= 0.6 is 35.8 Å². The molecular weight excluding hydrogens is 481 g/mol. The molecule has 174 valence electrons. The number of rotatable bonds is 4. The Morgan fingerprint density at radius 3 is 2.67 bits per heavy atom. The van der Waals surface area contributed by atoms with Crippen LogP contribution in [0.25, 0.3) is 0 Å². The predicted octanol–water partition coefficient (Wildman–Crippen LogP) is 3.26. The Kier molecular flexibility index (Phi) is 6.55. The van der Waals surface area contributed by atoms with Crippen molar-refractivity contribution in [1.29, 1.82) is 0 Å². The van der Waals surface area contributed by atoms with E-state index in [1.54, 1.807) is 12.4 Å². The molecule has 1 aromatic carbocycles. The lowest BCUT2D eigenvalue weighted by Crippen LogP contribution is -2.51. The number of nitrogens with zero attached hydrogens (tertiary/aromatic N) is 4. The van der Waals surface area contributed by atoms with Crippen LogP contribution in [0.4, 0.5) is 5.69 Å². The largest absolute Gasteiger partial charge is 0.366 e. The molecule has 2 aromatic rings. The maximum Gasteiger partial charge on any atom is 0.243 e. The Hall–Kier alpha value is -1.84. The third-order valence-corrected chi connectivity index (χ3v) is 8.06. The highest BCUT2D eigenvalue weighted by Gasteiger charge is 2.39. The van der Waals surface area contributed by atoms with Crippen molar-refractivity contribution >= 4 is 53.3 Å². The number of carbonyl (C=O) groups excluding carboxylic acids is 2. The third-order valence-electron chi connectivity index (χ3n) is 6.70. The number of anilines is 1. The number of halogens is 2. The quantitative estimate of drug-likeness (QED) is 0.490. The van der Waals surface area contributed by atoms with Gasteiger partial charge in [-0.3, -0.25) is 29.7 Å². The summed E-state index contributed by atoms with van der Waals surface area (Å²) >= 11 is 17.3. The lowest BCUT2D eigenvalue weighted by atomic mass is 10.0. The first kappa shape index (κ1) is 22.9. The molecule has 0 aliphatic carbocycles. The highest BCUT2D eigenvalue weighted by atomic mass is 35.5. The molecule has 1 aromatic heterocycles. The SMILES string of the molecule is O=C1CCC(N2Cc3ccc(CN4CCN(c5cncc(Cl)c5Cl)CC4)cc3C2S)C(=O)N1. The van der Waals surface area contributed by atoms with Crippen LogP contribution in [0.3, 0.4) is 0 Å². The molecule has 0 radical (unpaired) electrons. The number of carbonyl (C=O) groups is 2. The van der Waals surface area contributed by atoms with Crippen LogP contribution in [-0.2, 0) is 22.7 Å². The molecule has 33 heavy (non-hydrogen) atoms. The Labute approximate surface area is 208 Å². The number of pyridine rings is 1. The smallest absolute Gasteiger partial charge is 0.243 e. The number of piperazine rings is 1. The van der Waals surface area contributed by atoms with E-state index in [4.69, 9.17) is 35.8 Å². The van der Waals surface area contributed by atoms with E-state index in [1.807, 2.05) is 0 Å². The fourth-order valence-corrected chi connectivity index (χ4v) is 5.76. The zero-order chi connectivity index (χ0) is 23.1. The first-order valence-corrected chi connectivity index (χ1v) is 12.3. The van der Waals surface area contributed by atoms with Crippen molar-refractivity contribution in [2.45, 2.75) is 37.3 Å². The van der Waals surface area contributed by atoms with Gasteiger partial charge in [-0.05, 0) is 23.1 Å². The average Bonchev–Trinajstić information content (AvgIpc) is 3.12. The minimum Gasteiger partial charge on any atom is -0.366 e. The normalized spacial score (nSPS) is 24.2. The second kappa shape index (κ2) is 9.43.